The molecule has 0 spiro atoms. The molecule has 1 aromatic heterocycles. The number of nitrogens with one attached hydrogen (secondary N) is 1. The van der Waals surface area contributed by atoms with Crippen LogP contribution >= 0.6 is 11.3 Å². The van der Waals surface area contributed by atoms with Gasteiger partial charge in [-0.1, -0.05) is 140 Å². The summed E-state index contributed by atoms with van der Waals surface area (Å²) in [6.45, 7) is 0. The van der Waals surface area contributed by atoms with Gasteiger partial charge in [-0.05, 0) is 51.0 Å². The number of nitrogens with zero attached hydrogens (tertiary/aromatic N) is 3. The maximum atomic E-state index is 5.16. The molecule has 47 heavy (non-hydrogen) atoms. The molecule has 0 saturated heterocycles. The molecular formula is C42H28N4S. The van der Waals surface area contributed by atoms with E-state index >= 15 is 0 Å². The van der Waals surface area contributed by atoms with E-state index in [1.54, 1.807) is 11.3 Å². The Kier molecular flexibility index (Phi) is 6.69. The van der Waals surface area contributed by atoms with E-state index in [4.69, 9.17) is 15.0 Å². The minimum absolute atomic E-state index is 0.292. The van der Waals surface area contributed by atoms with Crippen LogP contribution in [0.5, 0.6) is 0 Å². The molecule has 8 aromatic rings. The number of rotatable bonds is 5. The fourth-order valence-electron chi connectivity index (χ4n) is 6.39. The largest absolute Gasteiger partial charge is 0.344 e. The van der Waals surface area contributed by atoms with E-state index in [9.17, 15) is 0 Å². The summed E-state index contributed by atoms with van der Waals surface area (Å²) in [6, 6.07) is 55.1. The summed E-state index contributed by atoms with van der Waals surface area (Å²) in [6.07, 6.45) is -0.292. The van der Waals surface area contributed by atoms with Gasteiger partial charge in [-0.2, -0.15) is 0 Å². The zero-order valence-corrected chi connectivity index (χ0v) is 26.2. The van der Waals surface area contributed by atoms with Gasteiger partial charge < -0.3 is 5.32 Å². The first kappa shape index (κ1) is 27.4. The molecule has 1 atom stereocenters. The second-order valence-corrected chi connectivity index (χ2v) is 12.7. The van der Waals surface area contributed by atoms with Crippen LogP contribution in [0.25, 0.3) is 53.5 Å². The molecule has 222 valence electrons. The van der Waals surface area contributed by atoms with Crippen LogP contribution in [0.4, 0.5) is 0 Å². The molecule has 2 heterocycles. The Labute approximate surface area is 276 Å². The maximum absolute atomic E-state index is 5.16. The van der Waals surface area contributed by atoms with E-state index in [2.05, 4.69) is 133 Å². The van der Waals surface area contributed by atoms with Gasteiger partial charge in [-0.3, -0.25) is 0 Å². The quantitative estimate of drug-likeness (QED) is 0.195. The highest BCUT2D eigenvalue weighted by atomic mass is 32.1. The van der Waals surface area contributed by atoms with Gasteiger partial charge >= 0.3 is 0 Å². The molecular weight excluding hydrogens is 593 g/mol. The first-order valence-electron chi connectivity index (χ1n) is 15.7. The molecule has 4 nitrogen and oxygen atoms in total. The van der Waals surface area contributed by atoms with Crippen molar-refractivity contribution < 1.29 is 0 Å². The average molecular weight is 621 g/mol. The topological polar surface area (TPSA) is 49.6 Å². The van der Waals surface area contributed by atoms with Crippen molar-refractivity contribution in [3.8, 4) is 21.7 Å². The minimum atomic E-state index is -0.292. The van der Waals surface area contributed by atoms with Crippen molar-refractivity contribution in [1.82, 2.24) is 10.3 Å². The predicted molar refractivity (Wildman–Crippen MR) is 197 cm³/mol. The molecule has 0 aliphatic carbocycles. The number of hydrogen-bond acceptors (Lipinski definition) is 5. The van der Waals surface area contributed by atoms with Gasteiger partial charge in [-0.25, -0.2) is 15.0 Å². The Morgan fingerprint density at radius 2 is 1.21 bits per heavy atom. The monoisotopic (exact) mass is 620 g/mol. The highest BCUT2D eigenvalue weighted by Gasteiger charge is 2.22. The van der Waals surface area contributed by atoms with Crippen molar-refractivity contribution in [3.63, 3.8) is 0 Å². The first-order chi connectivity index (χ1) is 23.3. The average Bonchev–Trinajstić information content (AvgIpc) is 3.60. The molecule has 1 aliphatic heterocycles. The molecule has 1 unspecified atom stereocenters. The standard InChI is InChI=1S/C42H28N4S/c1-4-11-27(12-5-1)31-17-10-18-33(25-31)40-44-39(29-13-6-2-7-14-29)45-41(46-40)34-21-23-35-32(26-34)20-19-28-22-24-36-38(37(28)35)43-42(47-36)30-15-8-3-9-16-30/h1-26,40H,(H,44,45,46). The van der Waals surface area contributed by atoms with Crippen molar-refractivity contribution in [2.24, 2.45) is 9.98 Å². The van der Waals surface area contributed by atoms with E-state index in [1.807, 2.05) is 30.3 Å². The van der Waals surface area contributed by atoms with Crippen molar-refractivity contribution in [3.05, 3.63) is 174 Å². The molecule has 9 rings (SSSR count). The molecule has 1 N–H and O–H groups in total. The van der Waals surface area contributed by atoms with E-state index in [0.717, 1.165) is 49.6 Å². The van der Waals surface area contributed by atoms with Crippen molar-refractivity contribution in [1.29, 1.82) is 0 Å². The predicted octanol–water partition coefficient (Wildman–Crippen LogP) is 10.4. The van der Waals surface area contributed by atoms with E-state index < -0.39 is 0 Å². The van der Waals surface area contributed by atoms with Gasteiger partial charge in [0.05, 0.1) is 10.2 Å². The van der Waals surface area contributed by atoms with Crippen LogP contribution < -0.4 is 5.32 Å². The lowest BCUT2D eigenvalue weighted by atomic mass is 9.98. The van der Waals surface area contributed by atoms with Gasteiger partial charge in [0, 0.05) is 22.1 Å². The fourth-order valence-corrected chi connectivity index (χ4v) is 7.37. The van der Waals surface area contributed by atoms with E-state index in [0.29, 0.717) is 5.84 Å². The summed E-state index contributed by atoms with van der Waals surface area (Å²) in [5, 5.41) is 9.41. The van der Waals surface area contributed by atoms with Crippen molar-refractivity contribution in [2.45, 2.75) is 6.17 Å². The summed E-state index contributed by atoms with van der Waals surface area (Å²) >= 11 is 1.74. The number of thiazole rings is 1. The summed E-state index contributed by atoms with van der Waals surface area (Å²) in [5.74, 6) is 1.51. The third-order valence-corrected chi connectivity index (χ3v) is 9.80. The number of fused-ring (bicyclic) bond motifs is 5. The Balaban J connectivity index is 1.15. The smallest absolute Gasteiger partial charge is 0.159 e. The zero-order chi connectivity index (χ0) is 31.2. The Bertz CT molecular complexity index is 2480. The number of benzene rings is 7. The molecule has 1 aliphatic rings. The Morgan fingerprint density at radius 1 is 0.532 bits per heavy atom. The number of aliphatic imine (C=N–C) groups is 2. The lowest BCUT2D eigenvalue weighted by Gasteiger charge is -2.24. The number of hydrogen-bond donors (Lipinski definition) is 1. The van der Waals surface area contributed by atoms with Crippen LogP contribution in [0.15, 0.2) is 168 Å². The van der Waals surface area contributed by atoms with E-state index in [-0.39, 0.29) is 6.17 Å². The van der Waals surface area contributed by atoms with Gasteiger partial charge in [0.25, 0.3) is 0 Å². The molecule has 0 amide bonds. The second kappa shape index (κ2) is 11.5. The van der Waals surface area contributed by atoms with Crippen LogP contribution in [0, 0.1) is 0 Å². The zero-order valence-electron chi connectivity index (χ0n) is 25.3. The summed E-state index contributed by atoms with van der Waals surface area (Å²) < 4.78 is 1.19. The van der Waals surface area contributed by atoms with Gasteiger partial charge in [-0.15, -0.1) is 11.3 Å². The maximum Gasteiger partial charge on any atom is 0.159 e. The highest BCUT2D eigenvalue weighted by Crippen LogP contribution is 2.38. The van der Waals surface area contributed by atoms with Crippen molar-refractivity contribution >= 4 is 54.8 Å². The lowest BCUT2D eigenvalue weighted by Crippen LogP contribution is -2.33. The SMILES string of the molecule is c1ccc(C2=NC(c3cccc(-c4ccccc4)c3)NC(c3ccc4c(ccc5ccc6sc(-c7ccccc7)nc6c54)c3)=N2)cc1. The second-order valence-electron chi connectivity index (χ2n) is 11.7. The summed E-state index contributed by atoms with van der Waals surface area (Å²) in [5.41, 5.74) is 7.62. The molecule has 0 bridgehead atoms. The molecule has 0 fully saturated rings. The first-order valence-corrected chi connectivity index (χ1v) is 16.5. The third kappa shape index (κ3) is 5.07. The third-order valence-electron chi connectivity index (χ3n) is 8.73. The van der Waals surface area contributed by atoms with Gasteiger partial charge in [0.15, 0.2) is 5.84 Å². The van der Waals surface area contributed by atoms with Crippen LogP contribution in [-0.4, -0.2) is 16.7 Å². The lowest BCUT2D eigenvalue weighted by molar-refractivity contribution is 0.674. The van der Waals surface area contributed by atoms with Gasteiger partial charge in [0.2, 0.25) is 0 Å². The minimum Gasteiger partial charge on any atom is -0.344 e. The normalized spacial score (nSPS) is 14.6. The van der Waals surface area contributed by atoms with Crippen LogP contribution in [0.3, 0.4) is 0 Å². The van der Waals surface area contributed by atoms with Crippen LogP contribution in [0.2, 0.25) is 0 Å². The summed E-state index contributed by atoms with van der Waals surface area (Å²) in [7, 11) is 0. The fraction of sp³-hybridized carbons (Fsp3) is 0.0238. The molecule has 5 heteroatoms. The van der Waals surface area contributed by atoms with Crippen molar-refractivity contribution in [2.75, 3.05) is 0 Å². The molecule has 0 saturated carbocycles. The summed E-state index contributed by atoms with van der Waals surface area (Å²) in [4.78, 5) is 15.3. The molecule has 7 aromatic carbocycles. The van der Waals surface area contributed by atoms with Crippen LogP contribution in [0.1, 0.15) is 22.9 Å². The van der Waals surface area contributed by atoms with Gasteiger partial charge in [0.1, 0.15) is 17.0 Å². The number of amidine groups is 2. The van der Waals surface area contributed by atoms with Crippen LogP contribution in [-0.2, 0) is 0 Å². The Hall–Kier alpha value is -5.91. The highest BCUT2D eigenvalue weighted by molar-refractivity contribution is 7.21. The number of aromatic nitrogens is 1. The molecule has 0 radical (unpaired) electrons. The van der Waals surface area contributed by atoms with E-state index in [1.165, 1.54) is 26.4 Å². The Morgan fingerprint density at radius 3 is 2.00 bits per heavy atom.